The average molecular weight is 617 g/mol. The van der Waals surface area contributed by atoms with Crippen molar-refractivity contribution < 1.29 is 33.6 Å². The normalized spacial score (nSPS) is 11.7. The monoisotopic (exact) mass is 616 g/mol. The SMILES string of the molecule is CCCCCCCCCCCC(=O)Oc1ccc(C(O)C=Cc2ccc(OCC)cc2OC(C)=O)c(OCc2ccccc2)c1. The first kappa shape index (κ1) is 35.4. The molecule has 3 aromatic carbocycles. The number of hydrogen-bond donors (Lipinski definition) is 1. The lowest BCUT2D eigenvalue weighted by Gasteiger charge is -2.16. The number of carbonyl (C=O) groups excluding carboxylic acids is 2. The van der Waals surface area contributed by atoms with E-state index in [4.69, 9.17) is 18.9 Å². The molecule has 7 nitrogen and oxygen atoms in total. The van der Waals surface area contributed by atoms with Gasteiger partial charge in [0, 0.05) is 36.6 Å². The van der Waals surface area contributed by atoms with Crippen molar-refractivity contribution in [3.8, 4) is 23.0 Å². The molecular formula is C38H48O7. The molecule has 0 bridgehead atoms. The molecule has 3 aromatic rings. The Morgan fingerprint density at radius 1 is 0.756 bits per heavy atom. The van der Waals surface area contributed by atoms with E-state index in [9.17, 15) is 14.7 Å². The Kier molecular flexibility index (Phi) is 15.7. The number of carbonyl (C=O) groups is 2. The molecule has 0 aromatic heterocycles. The van der Waals surface area contributed by atoms with Gasteiger partial charge in [-0.15, -0.1) is 0 Å². The molecule has 0 aliphatic carbocycles. The number of esters is 2. The van der Waals surface area contributed by atoms with Crippen LogP contribution >= 0.6 is 0 Å². The van der Waals surface area contributed by atoms with Gasteiger partial charge in [0.15, 0.2) is 0 Å². The van der Waals surface area contributed by atoms with Gasteiger partial charge in [-0.05, 0) is 43.2 Å². The van der Waals surface area contributed by atoms with Crippen LogP contribution in [0.5, 0.6) is 23.0 Å². The Morgan fingerprint density at radius 3 is 2.11 bits per heavy atom. The van der Waals surface area contributed by atoms with Crippen molar-refractivity contribution in [2.45, 2.75) is 97.7 Å². The van der Waals surface area contributed by atoms with Crippen molar-refractivity contribution in [2.24, 2.45) is 0 Å². The number of aliphatic hydroxyl groups excluding tert-OH is 1. The van der Waals surface area contributed by atoms with E-state index in [1.807, 2.05) is 37.3 Å². The predicted molar refractivity (Wildman–Crippen MR) is 178 cm³/mol. The van der Waals surface area contributed by atoms with Crippen molar-refractivity contribution >= 4 is 18.0 Å². The summed E-state index contributed by atoms with van der Waals surface area (Å²) in [4.78, 5) is 24.3. The van der Waals surface area contributed by atoms with Crippen LogP contribution < -0.4 is 18.9 Å². The third-order valence-electron chi connectivity index (χ3n) is 7.26. The minimum atomic E-state index is -1.06. The molecule has 1 atom stereocenters. The van der Waals surface area contributed by atoms with Gasteiger partial charge in [0.25, 0.3) is 0 Å². The molecule has 0 spiro atoms. The van der Waals surface area contributed by atoms with Crippen LogP contribution in [0.4, 0.5) is 0 Å². The molecule has 3 rings (SSSR count). The molecule has 0 saturated heterocycles. The first-order valence-corrected chi connectivity index (χ1v) is 16.2. The van der Waals surface area contributed by atoms with Crippen molar-refractivity contribution in [3.05, 3.63) is 89.5 Å². The summed E-state index contributed by atoms with van der Waals surface area (Å²) < 4.78 is 22.7. The zero-order valence-corrected chi connectivity index (χ0v) is 27.0. The maximum atomic E-state index is 12.6. The number of unbranched alkanes of at least 4 members (excludes halogenated alkanes) is 8. The first-order chi connectivity index (χ1) is 21.9. The summed E-state index contributed by atoms with van der Waals surface area (Å²) >= 11 is 0. The second-order valence-electron chi connectivity index (χ2n) is 11.1. The number of aliphatic hydroxyl groups is 1. The van der Waals surface area contributed by atoms with Crippen LogP contribution in [0.1, 0.15) is 108 Å². The summed E-state index contributed by atoms with van der Waals surface area (Å²) in [6.07, 6.45) is 13.2. The Labute approximate surface area is 268 Å². The zero-order chi connectivity index (χ0) is 32.3. The van der Waals surface area contributed by atoms with Crippen LogP contribution in [0.25, 0.3) is 6.08 Å². The summed E-state index contributed by atoms with van der Waals surface area (Å²) in [5.41, 5.74) is 2.06. The fourth-order valence-corrected chi connectivity index (χ4v) is 4.90. The molecule has 0 aliphatic rings. The first-order valence-electron chi connectivity index (χ1n) is 16.2. The van der Waals surface area contributed by atoms with Crippen LogP contribution in [0.3, 0.4) is 0 Å². The van der Waals surface area contributed by atoms with Gasteiger partial charge < -0.3 is 24.1 Å². The quantitative estimate of drug-likeness (QED) is 0.0769. The lowest BCUT2D eigenvalue weighted by Crippen LogP contribution is -2.08. The minimum Gasteiger partial charge on any atom is -0.494 e. The van der Waals surface area contributed by atoms with Crippen LogP contribution in [-0.2, 0) is 16.2 Å². The Bertz CT molecular complexity index is 1350. The lowest BCUT2D eigenvalue weighted by molar-refractivity contribution is -0.134. The minimum absolute atomic E-state index is 0.273. The van der Waals surface area contributed by atoms with Crippen molar-refractivity contribution in [2.75, 3.05) is 6.61 Å². The molecule has 45 heavy (non-hydrogen) atoms. The highest BCUT2D eigenvalue weighted by atomic mass is 16.5. The molecular weight excluding hydrogens is 568 g/mol. The van der Waals surface area contributed by atoms with Crippen molar-refractivity contribution in [1.29, 1.82) is 0 Å². The number of ether oxygens (including phenoxy) is 4. The maximum Gasteiger partial charge on any atom is 0.311 e. The van der Waals surface area contributed by atoms with Gasteiger partial charge in [-0.25, -0.2) is 0 Å². The summed E-state index contributed by atoms with van der Waals surface area (Å²) in [5.74, 6) is 0.920. The van der Waals surface area contributed by atoms with E-state index >= 15 is 0 Å². The Morgan fingerprint density at radius 2 is 1.42 bits per heavy atom. The average Bonchev–Trinajstić information content (AvgIpc) is 3.03. The number of hydrogen-bond acceptors (Lipinski definition) is 7. The zero-order valence-electron chi connectivity index (χ0n) is 27.0. The second-order valence-corrected chi connectivity index (χ2v) is 11.1. The predicted octanol–water partition coefficient (Wildman–Crippen LogP) is 9.16. The van der Waals surface area contributed by atoms with Gasteiger partial charge in [-0.3, -0.25) is 9.59 Å². The topological polar surface area (TPSA) is 91.3 Å². The third kappa shape index (κ3) is 13.2. The molecule has 1 N–H and O–H groups in total. The largest absolute Gasteiger partial charge is 0.494 e. The van der Waals surface area contributed by atoms with E-state index < -0.39 is 12.1 Å². The maximum absolute atomic E-state index is 12.6. The van der Waals surface area contributed by atoms with Crippen molar-refractivity contribution in [3.63, 3.8) is 0 Å². The van der Waals surface area contributed by atoms with Gasteiger partial charge in [-0.1, -0.05) is 101 Å². The summed E-state index contributed by atoms with van der Waals surface area (Å²) in [7, 11) is 0. The summed E-state index contributed by atoms with van der Waals surface area (Å²) in [5, 5.41) is 11.2. The fourth-order valence-electron chi connectivity index (χ4n) is 4.90. The molecule has 0 amide bonds. The van der Waals surface area contributed by atoms with E-state index in [2.05, 4.69) is 6.92 Å². The van der Waals surface area contributed by atoms with Crippen LogP contribution in [-0.4, -0.2) is 23.7 Å². The van der Waals surface area contributed by atoms with Crippen molar-refractivity contribution in [1.82, 2.24) is 0 Å². The van der Waals surface area contributed by atoms with Crippen LogP contribution in [0, 0.1) is 0 Å². The van der Waals surface area contributed by atoms with E-state index in [-0.39, 0.29) is 12.6 Å². The fraction of sp³-hybridized carbons (Fsp3) is 0.421. The molecule has 0 radical (unpaired) electrons. The summed E-state index contributed by atoms with van der Waals surface area (Å²) in [6, 6.07) is 19.9. The molecule has 1 unspecified atom stereocenters. The summed E-state index contributed by atoms with van der Waals surface area (Å²) in [6.45, 7) is 6.18. The van der Waals surface area contributed by atoms with Gasteiger partial charge in [0.2, 0.25) is 0 Å². The van der Waals surface area contributed by atoms with E-state index in [1.165, 1.54) is 45.4 Å². The Hall–Kier alpha value is -4.10. The van der Waals surface area contributed by atoms with Gasteiger partial charge >= 0.3 is 11.9 Å². The van der Waals surface area contributed by atoms with Gasteiger partial charge in [-0.2, -0.15) is 0 Å². The lowest BCUT2D eigenvalue weighted by atomic mass is 10.1. The highest BCUT2D eigenvalue weighted by Gasteiger charge is 2.16. The number of benzene rings is 3. The molecule has 242 valence electrons. The van der Waals surface area contributed by atoms with Gasteiger partial charge in [0.1, 0.15) is 35.7 Å². The van der Waals surface area contributed by atoms with E-state index in [0.29, 0.717) is 47.2 Å². The third-order valence-corrected chi connectivity index (χ3v) is 7.26. The number of rotatable bonds is 20. The molecule has 0 aliphatic heterocycles. The molecule has 0 heterocycles. The highest BCUT2D eigenvalue weighted by molar-refractivity contribution is 5.73. The van der Waals surface area contributed by atoms with Gasteiger partial charge in [0.05, 0.1) is 6.61 Å². The smallest absolute Gasteiger partial charge is 0.311 e. The molecule has 0 fully saturated rings. The van der Waals surface area contributed by atoms with E-state index in [0.717, 1.165) is 24.8 Å². The molecule has 7 heteroatoms. The second kappa shape index (κ2) is 20.0. The Balaban J connectivity index is 1.68. The highest BCUT2D eigenvalue weighted by Crippen LogP contribution is 2.33. The van der Waals surface area contributed by atoms with Crippen LogP contribution in [0.15, 0.2) is 72.8 Å². The molecule has 0 saturated carbocycles. The standard InChI is InChI=1S/C38H48O7/c1-4-6-7-8-9-10-11-12-16-19-38(41)45-33-23-24-34(37(27-33)43-28-30-17-14-13-15-18-30)35(40)25-21-31-20-22-32(42-5-2)26-36(31)44-29(3)39/h13-15,17-18,20-27,35,40H,4-12,16,19,28H2,1-3H3. The van der Waals surface area contributed by atoms with Crippen LogP contribution in [0.2, 0.25) is 0 Å². The van der Waals surface area contributed by atoms with E-state index in [1.54, 1.807) is 48.6 Å².